The second-order valence-electron chi connectivity index (χ2n) is 12.4. The number of aromatic nitrogens is 2. The maximum atomic E-state index is 13.0. The van der Waals surface area contributed by atoms with Crippen molar-refractivity contribution in [3.63, 3.8) is 0 Å². The van der Waals surface area contributed by atoms with Gasteiger partial charge in [0.25, 0.3) is 5.91 Å². The first-order chi connectivity index (χ1) is 21.3. The lowest BCUT2D eigenvalue weighted by molar-refractivity contribution is -0.137. The summed E-state index contributed by atoms with van der Waals surface area (Å²) in [6.45, 7) is 6.00. The lowest BCUT2D eigenvalue weighted by Gasteiger charge is -2.30. The fraction of sp³-hybridized carbons (Fsp3) is 0.455. The Labute approximate surface area is 255 Å². The smallest absolute Gasteiger partial charge is 0.255 e. The number of benzene rings is 2. The number of nitrogens with zero attached hydrogens (tertiary/aromatic N) is 5. The van der Waals surface area contributed by atoms with Crippen LogP contribution in [-0.4, -0.2) is 86.6 Å². The summed E-state index contributed by atoms with van der Waals surface area (Å²) in [5.41, 5.74) is 3.58. The third-order valence-corrected chi connectivity index (χ3v) is 9.40. The molecule has 0 spiro atoms. The molecule has 11 nitrogen and oxygen atoms in total. The summed E-state index contributed by atoms with van der Waals surface area (Å²) in [5.74, 6) is 1.13. The zero-order valence-corrected chi connectivity index (χ0v) is 24.8. The van der Waals surface area contributed by atoms with Crippen LogP contribution in [0.3, 0.4) is 0 Å². The van der Waals surface area contributed by atoms with Gasteiger partial charge in [0.1, 0.15) is 23.7 Å². The van der Waals surface area contributed by atoms with Crippen molar-refractivity contribution in [2.24, 2.45) is 0 Å². The number of hydrogen-bond donors (Lipinski definition) is 1. The molecule has 2 aromatic carbocycles. The molecular formula is C33H36N6O5. The predicted molar refractivity (Wildman–Crippen MR) is 161 cm³/mol. The van der Waals surface area contributed by atoms with Gasteiger partial charge in [0, 0.05) is 75.7 Å². The third kappa shape index (κ3) is 5.63. The van der Waals surface area contributed by atoms with Crippen molar-refractivity contribution in [2.45, 2.75) is 70.2 Å². The molecule has 4 aliphatic heterocycles. The highest BCUT2D eigenvalue weighted by atomic mass is 16.5. The molecule has 1 aromatic heterocycles. The van der Waals surface area contributed by atoms with Crippen molar-refractivity contribution in [3.8, 4) is 5.75 Å². The number of piperidine rings is 2. The molecule has 3 saturated heterocycles. The number of ether oxygens (including phenoxy) is 1. The summed E-state index contributed by atoms with van der Waals surface area (Å²) in [6.07, 6.45) is 5.24. The van der Waals surface area contributed by atoms with Crippen LogP contribution < -0.4 is 10.1 Å². The summed E-state index contributed by atoms with van der Waals surface area (Å²) in [6, 6.07) is 11.3. The Hall–Kier alpha value is -4.38. The second kappa shape index (κ2) is 11.6. The molecule has 1 N–H and O–H groups in total. The minimum absolute atomic E-state index is 0.0390. The van der Waals surface area contributed by atoms with Crippen LogP contribution in [0.1, 0.15) is 72.3 Å². The molecule has 3 fully saturated rings. The largest absolute Gasteiger partial charge is 0.489 e. The van der Waals surface area contributed by atoms with Crippen LogP contribution in [0.4, 0.5) is 0 Å². The highest BCUT2D eigenvalue weighted by Crippen LogP contribution is 2.32. The summed E-state index contributed by atoms with van der Waals surface area (Å²) in [4.78, 5) is 63.9. The first-order valence-corrected chi connectivity index (χ1v) is 15.5. The van der Waals surface area contributed by atoms with Gasteiger partial charge in [-0.1, -0.05) is 6.07 Å². The van der Waals surface area contributed by atoms with E-state index < -0.39 is 11.9 Å². The second-order valence-corrected chi connectivity index (χ2v) is 12.4. The molecular weight excluding hydrogens is 560 g/mol. The average Bonchev–Trinajstić information content (AvgIpc) is 3.59. The Bertz CT molecular complexity index is 1650. The molecule has 4 amide bonds. The SMILES string of the molecule is CC(=O)N1CCC(c2ncc3cc(CN4CC[C@H](Oc5ccc6c(c5)CN([C@H]5CCC(=O)NC5=O)C6=O)C4)ccc3n2)CC1. The monoisotopic (exact) mass is 596 g/mol. The Balaban J connectivity index is 0.941. The molecule has 0 bridgehead atoms. The predicted octanol–water partition coefficient (Wildman–Crippen LogP) is 2.77. The molecule has 4 aliphatic rings. The topological polar surface area (TPSA) is 125 Å². The maximum Gasteiger partial charge on any atom is 0.255 e. The van der Waals surface area contributed by atoms with E-state index in [0.717, 1.165) is 80.0 Å². The van der Waals surface area contributed by atoms with Crippen molar-refractivity contribution >= 4 is 34.5 Å². The average molecular weight is 597 g/mol. The zero-order chi connectivity index (χ0) is 30.4. The van der Waals surface area contributed by atoms with Crippen LogP contribution in [0.2, 0.25) is 0 Å². The van der Waals surface area contributed by atoms with Crippen LogP contribution in [0.25, 0.3) is 10.9 Å². The first kappa shape index (κ1) is 28.4. The van der Waals surface area contributed by atoms with Crippen LogP contribution in [-0.2, 0) is 27.5 Å². The quantitative estimate of drug-likeness (QED) is 0.431. The summed E-state index contributed by atoms with van der Waals surface area (Å²) >= 11 is 0. The van der Waals surface area contributed by atoms with Gasteiger partial charge in [-0.25, -0.2) is 9.97 Å². The van der Waals surface area contributed by atoms with E-state index in [2.05, 4.69) is 28.4 Å². The molecule has 0 radical (unpaired) electrons. The molecule has 228 valence electrons. The van der Waals surface area contributed by atoms with E-state index in [1.54, 1.807) is 17.9 Å². The highest BCUT2D eigenvalue weighted by molar-refractivity contribution is 6.05. The Morgan fingerprint density at radius 3 is 2.66 bits per heavy atom. The first-order valence-electron chi connectivity index (χ1n) is 15.5. The standard InChI is InChI=1S/C33H36N6O5/c1-20(40)38-12-8-22(9-13-38)31-34-16-23-14-21(2-5-28(23)35-31)17-37-11-10-26(19-37)44-25-3-4-27-24(15-25)18-39(33(27)43)29-6-7-30(41)36-32(29)42/h2-5,14-16,22,26,29H,6-13,17-19H2,1H3,(H,36,41,42)/t26-,29-/m0/s1. The number of nitrogens with one attached hydrogen (secondary N) is 1. The number of carbonyl (C=O) groups is 4. The number of carbonyl (C=O) groups excluding carboxylic acids is 4. The van der Waals surface area contributed by atoms with Crippen LogP contribution in [0.15, 0.2) is 42.6 Å². The Morgan fingerprint density at radius 2 is 1.86 bits per heavy atom. The van der Waals surface area contributed by atoms with E-state index in [9.17, 15) is 19.2 Å². The molecule has 3 aromatic rings. The van der Waals surface area contributed by atoms with E-state index in [4.69, 9.17) is 14.7 Å². The maximum absolute atomic E-state index is 13.0. The van der Waals surface area contributed by atoms with Gasteiger partial charge in [0.15, 0.2) is 0 Å². The molecule has 5 heterocycles. The number of amides is 4. The summed E-state index contributed by atoms with van der Waals surface area (Å²) < 4.78 is 6.34. The normalized spacial score (nSPS) is 22.9. The molecule has 7 rings (SSSR count). The Kier molecular flexibility index (Phi) is 7.49. The Morgan fingerprint density at radius 1 is 1.02 bits per heavy atom. The van der Waals surface area contributed by atoms with Crippen LogP contribution in [0, 0.1) is 0 Å². The van der Waals surface area contributed by atoms with Gasteiger partial charge in [-0.05, 0) is 67.1 Å². The van der Waals surface area contributed by atoms with Gasteiger partial charge in [0.2, 0.25) is 17.7 Å². The number of likely N-dealkylation sites (tertiary alicyclic amines) is 2. The lowest BCUT2D eigenvalue weighted by Crippen LogP contribution is -2.52. The van der Waals surface area contributed by atoms with Crippen LogP contribution >= 0.6 is 0 Å². The van der Waals surface area contributed by atoms with Gasteiger partial charge < -0.3 is 14.5 Å². The number of imide groups is 1. The van der Waals surface area contributed by atoms with E-state index >= 15 is 0 Å². The number of hydrogen-bond acceptors (Lipinski definition) is 8. The van der Waals surface area contributed by atoms with Gasteiger partial charge >= 0.3 is 0 Å². The minimum Gasteiger partial charge on any atom is -0.489 e. The fourth-order valence-corrected chi connectivity index (χ4v) is 6.96. The van der Waals surface area contributed by atoms with Crippen LogP contribution in [0.5, 0.6) is 5.75 Å². The molecule has 44 heavy (non-hydrogen) atoms. The lowest BCUT2D eigenvalue weighted by atomic mass is 9.95. The van der Waals surface area contributed by atoms with Crippen molar-refractivity contribution in [1.29, 1.82) is 0 Å². The molecule has 0 saturated carbocycles. The highest BCUT2D eigenvalue weighted by Gasteiger charge is 2.39. The van der Waals surface area contributed by atoms with Crippen molar-refractivity contribution in [2.75, 3.05) is 26.2 Å². The van der Waals surface area contributed by atoms with Gasteiger partial charge in [0.05, 0.1) is 5.52 Å². The fourth-order valence-electron chi connectivity index (χ4n) is 6.96. The summed E-state index contributed by atoms with van der Waals surface area (Å²) in [5, 5.41) is 3.37. The minimum atomic E-state index is -0.624. The number of rotatable bonds is 6. The van der Waals surface area contributed by atoms with Crippen molar-refractivity contribution < 1.29 is 23.9 Å². The van der Waals surface area contributed by atoms with Gasteiger partial charge in [-0.15, -0.1) is 0 Å². The van der Waals surface area contributed by atoms with Crippen molar-refractivity contribution in [1.82, 2.24) is 30.0 Å². The zero-order valence-electron chi connectivity index (χ0n) is 24.8. The van der Waals surface area contributed by atoms with E-state index in [1.165, 1.54) is 5.56 Å². The van der Waals surface area contributed by atoms with E-state index in [1.807, 2.05) is 23.2 Å². The molecule has 11 heteroatoms. The molecule has 0 unspecified atom stereocenters. The van der Waals surface area contributed by atoms with Crippen molar-refractivity contribution in [3.05, 3.63) is 65.1 Å². The molecule has 2 atom stereocenters. The molecule has 0 aliphatic carbocycles. The van der Waals surface area contributed by atoms with Gasteiger partial charge in [-0.2, -0.15) is 0 Å². The van der Waals surface area contributed by atoms with E-state index in [0.29, 0.717) is 18.5 Å². The third-order valence-electron chi connectivity index (χ3n) is 9.40. The number of fused-ring (bicyclic) bond motifs is 2. The van der Waals surface area contributed by atoms with E-state index in [-0.39, 0.29) is 36.2 Å². The van der Waals surface area contributed by atoms with Gasteiger partial charge in [-0.3, -0.25) is 29.4 Å². The summed E-state index contributed by atoms with van der Waals surface area (Å²) in [7, 11) is 0.